The number of nitrogens with one attached hydrogen (secondary N) is 2. The molecule has 5 nitrogen and oxygen atoms in total. The normalized spacial score (nSPS) is 13.4. The van der Waals surface area contributed by atoms with Crippen LogP contribution in [0.25, 0.3) is 0 Å². The highest BCUT2D eigenvalue weighted by Gasteiger charge is 2.20. The van der Waals surface area contributed by atoms with E-state index in [-0.39, 0.29) is 18.3 Å². The van der Waals surface area contributed by atoms with Crippen LogP contribution in [-0.4, -0.2) is 28.8 Å². The number of nitrogens with zero attached hydrogens (tertiary/aromatic N) is 2. The Hall–Kier alpha value is -1.37. The summed E-state index contributed by atoms with van der Waals surface area (Å²) in [5.74, 6) is 1.47. The fourth-order valence-corrected chi connectivity index (χ4v) is 2.49. The Morgan fingerprint density at radius 2 is 2.00 bits per heavy atom. The Morgan fingerprint density at radius 3 is 2.70 bits per heavy atom. The van der Waals surface area contributed by atoms with Gasteiger partial charge in [0.05, 0.1) is 19.3 Å². The van der Waals surface area contributed by atoms with Crippen LogP contribution < -0.4 is 10.6 Å². The maximum absolute atomic E-state index is 11.9. The second-order valence-corrected chi connectivity index (χ2v) is 6.54. The van der Waals surface area contributed by atoms with Crippen LogP contribution in [0.3, 0.4) is 0 Å². The van der Waals surface area contributed by atoms with Crippen molar-refractivity contribution in [1.29, 1.82) is 0 Å². The van der Waals surface area contributed by atoms with Crippen LogP contribution in [0.1, 0.15) is 18.4 Å². The molecule has 0 atom stereocenters. The van der Waals surface area contributed by atoms with Gasteiger partial charge in [-0.1, -0.05) is 28.1 Å². The summed E-state index contributed by atoms with van der Waals surface area (Å²) >= 11 is 3.42. The van der Waals surface area contributed by atoms with Crippen LogP contribution >= 0.6 is 28.3 Å². The highest BCUT2D eigenvalue weighted by atomic mass is 79.9. The number of halogens is 2. The molecule has 1 aromatic heterocycles. The number of carbonyl (C=O) groups excluding carboxylic acids is 1. The van der Waals surface area contributed by atoms with Crippen molar-refractivity contribution in [2.75, 3.05) is 18.4 Å². The number of aromatic nitrogens is 2. The molecule has 0 bridgehead atoms. The number of hydrogen-bond acceptors (Lipinski definition) is 3. The lowest BCUT2D eigenvalue weighted by atomic mass is 10.2. The lowest BCUT2D eigenvalue weighted by Gasteiger charge is -2.10. The summed E-state index contributed by atoms with van der Waals surface area (Å²) in [5.41, 5.74) is 1.13. The van der Waals surface area contributed by atoms with Crippen molar-refractivity contribution in [2.24, 2.45) is 5.92 Å². The van der Waals surface area contributed by atoms with Crippen LogP contribution in [0.2, 0.25) is 0 Å². The van der Waals surface area contributed by atoms with E-state index < -0.39 is 0 Å². The molecule has 1 heterocycles. The quantitative estimate of drug-likeness (QED) is 0.752. The Morgan fingerprint density at radius 1 is 1.26 bits per heavy atom. The number of rotatable bonds is 7. The van der Waals surface area contributed by atoms with Gasteiger partial charge in [-0.25, -0.2) is 4.68 Å². The van der Waals surface area contributed by atoms with E-state index in [1.54, 1.807) is 10.9 Å². The summed E-state index contributed by atoms with van der Waals surface area (Å²) in [5, 5.41) is 10.4. The Bertz CT molecular complexity index is 640. The number of carbonyl (C=O) groups is 1. The monoisotopic (exact) mass is 398 g/mol. The van der Waals surface area contributed by atoms with Gasteiger partial charge in [0.2, 0.25) is 5.91 Å². The fourth-order valence-electron chi connectivity index (χ4n) is 2.23. The highest BCUT2D eigenvalue weighted by molar-refractivity contribution is 9.10. The Balaban J connectivity index is 0.00000192. The first-order valence-electron chi connectivity index (χ1n) is 7.47. The van der Waals surface area contributed by atoms with Gasteiger partial charge in [-0.3, -0.25) is 4.79 Å². The van der Waals surface area contributed by atoms with Gasteiger partial charge < -0.3 is 10.6 Å². The third-order valence-corrected chi connectivity index (χ3v) is 4.17. The summed E-state index contributed by atoms with van der Waals surface area (Å²) in [7, 11) is 0. The second kappa shape index (κ2) is 8.47. The standard InChI is InChI=1S/C16H19BrN4O.ClH/c17-14-5-3-13(4-6-14)11-21-15(7-8-19-21)20-16(22)10-18-9-12-1-2-12;/h3-8,12,18H,1-2,9-11H2,(H,20,22);1H. The van der Waals surface area contributed by atoms with E-state index in [9.17, 15) is 4.79 Å². The van der Waals surface area contributed by atoms with Gasteiger partial charge in [0.1, 0.15) is 5.82 Å². The molecule has 0 unspecified atom stereocenters. The van der Waals surface area contributed by atoms with Gasteiger partial charge in [-0.15, -0.1) is 12.4 Å². The molecule has 1 saturated carbocycles. The van der Waals surface area contributed by atoms with Crippen molar-refractivity contribution >= 4 is 40.1 Å². The topological polar surface area (TPSA) is 59.0 Å². The minimum atomic E-state index is -0.0294. The molecule has 1 amide bonds. The molecule has 0 radical (unpaired) electrons. The second-order valence-electron chi connectivity index (χ2n) is 5.62. The van der Waals surface area contributed by atoms with Crippen LogP contribution in [-0.2, 0) is 11.3 Å². The van der Waals surface area contributed by atoms with Crippen molar-refractivity contribution in [3.05, 3.63) is 46.6 Å². The summed E-state index contributed by atoms with van der Waals surface area (Å²) in [6.45, 7) is 1.91. The van der Waals surface area contributed by atoms with Crippen molar-refractivity contribution in [2.45, 2.75) is 19.4 Å². The molecule has 0 aliphatic heterocycles. The third-order valence-electron chi connectivity index (χ3n) is 3.65. The number of hydrogen-bond donors (Lipinski definition) is 2. The minimum absolute atomic E-state index is 0. The summed E-state index contributed by atoms with van der Waals surface area (Å²) in [6, 6.07) is 9.89. The summed E-state index contributed by atoms with van der Waals surface area (Å²) in [4.78, 5) is 11.9. The molecule has 2 aromatic rings. The molecule has 23 heavy (non-hydrogen) atoms. The number of anilines is 1. The lowest BCUT2D eigenvalue weighted by molar-refractivity contribution is -0.115. The first kappa shape index (κ1) is 18.0. The predicted molar refractivity (Wildman–Crippen MR) is 96.9 cm³/mol. The first-order chi connectivity index (χ1) is 10.7. The van der Waals surface area contributed by atoms with E-state index in [0.29, 0.717) is 13.1 Å². The highest BCUT2D eigenvalue weighted by Crippen LogP contribution is 2.27. The molecule has 1 aliphatic carbocycles. The van der Waals surface area contributed by atoms with E-state index >= 15 is 0 Å². The van der Waals surface area contributed by atoms with E-state index in [4.69, 9.17) is 0 Å². The predicted octanol–water partition coefficient (Wildman–Crippen LogP) is 3.05. The Labute approximate surface area is 150 Å². The number of amides is 1. The van der Waals surface area contributed by atoms with Gasteiger partial charge in [0.15, 0.2) is 0 Å². The molecule has 124 valence electrons. The lowest BCUT2D eigenvalue weighted by Crippen LogP contribution is -2.30. The smallest absolute Gasteiger partial charge is 0.239 e. The maximum Gasteiger partial charge on any atom is 0.239 e. The van der Waals surface area contributed by atoms with E-state index in [1.165, 1.54) is 12.8 Å². The van der Waals surface area contributed by atoms with Crippen molar-refractivity contribution in [3.63, 3.8) is 0 Å². The van der Waals surface area contributed by atoms with Crippen LogP contribution in [0.4, 0.5) is 5.82 Å². The van der Waals surface area contributed by atoms with Gasteiger partial charge in [0, 0.05) is 10.5 Å². The number of benzene rings is 1. The molecule has 1 fully saturated rings. The zero-order chi connectivity index (χ0) is 15.4. The van der Waals surface area contributed by atoms with Crippen LogP contribution in [0.15, 0.2) is 41.0 Å². The molecular weight excluding hydrogens is 380 g/mol. The summed E-state index contributed by atoms with van der Waals surface area (Å²) < 4.78 is 2.84. The average molecular weight is 400 g/mol. The zero-order valence-electron chi connectivity index (χ0n) is 12.7. The molecule has 1 aromatic carbocycles. The van der Waals surface area contributed by atoms with Gasteiger partial charge in [-0.2, -0.15) is 5.10 Å². The van der Waals surface area contributed by atoms with E-state index in [2.05, 4.69) is 31.7 Å². The van der Waals surface area contributed by atoms with E-state index in [1.807, 2.05) is 30.3 Å². The maximum atomic E-state index is 11.9. The third kappa shape index (κ3) is 5.64. The molecule has 1 aliphatic rings. The van der Waals surface area contributed by atoms with Crippen molar-refractivity contribution in [1.82, 2.24) is 15.1 Å². The van der Waals surface area contributed by atoms with E-state index in [0.717, 1.165) is 28.3 Å². The SMILES string of the molecule is Cl.O=C(CNCC1CC1)Nc1ccnn1Cc1ccc(Br)cc1. The van der Waals surface area contributed by atoms with Gasteiger partial charge in [0.25, 0.3) is 0 Å². The van der Waals surface area contributed by atoms with Gasteiger partial charge >= 0.3 is 0 Å². The minimum Gasteiger partial charge on any atom is -0.310 e. The van der Waals surface area contributed by atoms with Crippen molar-refractivity contribution in [3.8, 4) is 0 Å². The molecule has 7 heteroatoms. The van der Waals surface area contributed by atoms with Crippen LogP contribution in [0.5, 0.6) is 0 Å². The Kier molecular flexibility index (Phi) is 6.62. The fraction of sp³-hybridized carbons (Fsp3) is 0.375. The summed E-state index contributed by atoms with van der Waals surface area (Å²) in [6.07, 6.45) is 4.27. The largest absolute Gasteiger partial charge is 0.310 e. The molecule has 0 saturated heterocycles. The zero-order valence-corrected chi connectivity index (χ0v) is 15.1. The molecule has 3 rings (SSSR count). The molecule has 2 N–H and O–H groups in total. The van der Waals surface area contributed by atoms with Gasteiger partial charge in [-0.05, 0) is 43.0 Å². The first-order valence-corrected chi connectivity index (χ1v) is 8.27. The molecule has 0 spiro atoms. The van der Waals surface area contributed by atoms with Crippen LogP contribution in [0, 0.1) is 5.92 Å². The average Bonchev–Trinajstić information content (AvgIpc) is 3.23. The van der Waals surface area contributed by atoms with Crippen molar-refractivity contribution < 1.29 is 4.79 Å². The molecular formula is C16H20BrClN4O.